The van der Waals surface area contributed by atoms with E-state index >= 15 is 0 Å². The normalized spacial score (nSPS) is 15.3. The molecule has 1 saturated heterocycles. The highest BCUT2D eigenvalue weighted by atomic mass is 35.5. The number of hydrogen-bond acceptors (Lipinski definition) is 2. The fourth-order valence-electron chi connectivity index (χ4n) is 2.18. The van der Waals surface area contributed by atoms with Gasteiger partial charge >= 0.3 is 0 Å². The molecule has 0 radical (unpaired) electrons. The first-order valence-corrected chi connectivity index (χ1v) is 7.37. The molecule has 1 aromatic rings. The predicted octanol–water partition coefficient (Wildman–Crippen LogP) is 1.79. The SMILES string of the molecule is O=C(CCl)N1CCN(C(=O)Cc2ccc(Cl)cc2)CC1. The van der Waals surface area contributed by atoms with Crippen LogP contribution in [0.5, 0.6) is 0 Å². The number of carbonyl (C=O) groups is 2. The van der Waals surface area contributed by atoms with Gasteiger partial charge in [0, 0.05) is 31.2 Å². The Hall–Kier alpha value is -1.26. The van der Waals surface area contributed by atoms with Crippen LogP contribution in [0.1, 0.15) is 5.56 Å². The molecular formula is C14H16Cl2N2O2. The Labute approximate surface area is 128 Å². The van der Waals surface area contributed by atoms with Crippen LogP contribution >= 0.6 is 23.2 Å². The van der Waals surface area contributed by atoms with Gasteiger partial charge in [-0.15, -0.1) is 11.6 Å². The number of alkyl halides is 1. The topological polar surface area (TPSA) is 40.6 Å². The van der Waals surface area contributed by atoms with Gasteiger partial charge in [0.2, 0.25) is 11.8 Å². The molecule has 1 heterocycles. The van der Waals surface area contributed by atoms with Crippen molar-refractivity contribution < 1.29 is 9.59 Å². The van der Waals surface area contributed by atoms with E-state index in [1.54, 1.807) is 21.9 Å². The van der Waals surface area contributed by atoms with E-state index in [0.29, 0.717) is 37.6 Å². The van der Waals surface area contributed by atoms with Crippen LogP contribution in [0.3, 0.4) is 0 Å². The molecule has 1 aliphatic rings. The van der Waals surface area contributed by atoms with Crippen LogP contribution in [0, 0.1) is 0 Å². The van der Waals surface area contributed by atoms with Crippen molar-refractivity contribution in [2.75, 3.05) is 32.1 Å². The third kappa shape index (κ3) is 3.87. The molecule has 2 rings (SSSR count). The maximum absolute atomic E-state index is 12.2. The summed E-state index contributed by atoms with van der Waals surface area (Å²) in [6, 6.07) is 7.27. The fraction of sp³-hybridized carbons (Fsp3) is 0.429. The maximum atomic E-state index is 12.2. The van der Waals surface area contributed by atoms with Crippen LogP contribution in [0.4, 0.5) is 0 Å². The van der Waals surface area contributed by atoms with E-state index in [0.717, 1.165) is 5.56 Å². The van der Waals surface area contributed by atoms with Crippen LogP contribution < -0.4 is 0 Å². The number of benzene rings is 1. The van der Waals surface area contributed by atoms with Crippen LogP contribution in [0.15, 0.2) is 24.3 Å². The van der Waals surface area contributed by atoms with Gasteiger partial charge in [0.1, 0.15) is 5.88 Å². The zero-order valence-electron chi connectivity index (χ0n) is 11.0. The Kier molecular flexibility index (Phi) is 5.26. The second kappa shape index (κ2) is 6.95. The first-order chi connectivity index (χ1) is 9.60. The van der Waals surface area contributed by atoms with Crippen molar-refractivity contribution in [2.24, 2.45) is 0 Å². The quantitative estimate of drug-likeness (QED) is 0.798. The second-order valence-electron chi connectivity index (χ2n) is 4.70. The van der Waals surface area contributed by atoms with Gasteiger partial charge in [-0.3, -0.25) is 9.59 Å². The van der Waals surface area contributed by atoms with Gasteiger partial charge in [-0.25, -0.2) is 0 Å². The summed E-state index contributed by atoms with van der Waals surface area (Å²) in [6.45, 7) is 2.24. The molecule has 1 aliphatic heterocycles. The summed E-state index contributed by atoms with van der Waals surface area (Å²) in [5.74, 6) is 0.000363. The highest BCUT2D eigenvalue weighted by Gasteiger charge is 2.23. The molecule has 0 spiro atoms. The number of rotatable bonds is 3. The minimum absolute atomic E-state index is 0.00127. The lowest BCUT2D eigenvalue weighted by atomic mass is 10.1. The van der Waals surface area contributed by atoms with Gasteiger partial charge in [-0.05, 0) is 17.7 Å². The zero-order valence-corrected chi connectivity index (χ0v) is 12.5. The standard InChI is InChI=1S/C14H16Cl2N2O2/c15-10-14(20)18-7-5-17(6-8-18)13(19)9-11-1-3-12(16)4-2-11/h1-4H,5-10H2. The molecule has 0 unspecified atom stereocenters. The van der Waals surface area contributed by atoms with E-state index in [2.05, 4.69) is 0 Å². The van der Waals surface area contributed by atoms with Crippen LogP contribution in [-0.4, -0.2) is 53.7 Å². The molecule has 1 fully saturated rings. The molecule has 0 saturated carbocycles. The summed E-state index contributed by atoms with van der Waals surface area (Å²) in [4.78, 5) is 27.1. The average molecular weight is 315 g/mol. The summed E-state index contributed by atoms with van der Waals surface area (Å²) in [5.41, 5.74) is 0.943. The third-order valence-corrected chi connectivity index (χ3v) is 3.85. The van der Waals surface area contributed by atoms with E-state index in [1.807, 2.05) is 12.1 Å². The summed E-state index contributed by atoms with van der Waals surface area (Å²) >= 11 is 11.3. The van der Waals surface area contributed by atoms with E-state index < -0.39 is 0 Å². The van der Waals surface area contributed by atoms with Gasteiger partial charge in [0.05, 0.1) is 6.42 Å². The second-order valence-corrected chi connectivity index (χ2v) is 5.40. The van der Waals surface area contributed by atoms with Gasteiger partial charge in [-0.2, -0.15) is 0 Å². The average Bonchev–Trinajstić information content (AvgIpc) is 2.49. The molecule has 0 aliphatic carbocycles. The Morgan fingerprint density at radius 1 is 0.950 bits per heavy atom. The number of nitrogens with zero attached hydrogens (tertiary/aromatic N) is 2. The predicted molar refractivity (Wildman–Crippen MR) is 79.0 cm³/mol. The van der Waals surface area contributed by atoms with Crippen LogP contribution in [-0.2, 0) is 16.0 Å². The van der Waals surface area contributed by atoms with E-state index in [4.69, 9.17) is 23.2 Å². The van der Waals surface area contributed by atoms with Gasteiger partial charge in [0.15, 0.2) is 0 Å². The number of halogens is 2. The summed E-state index contributed by atoms with van der Waals surface area (Å²) < 4.78 is 0. The molecule has 20 heavy (non-hydrogen) atoms. The first kappa shape index (κ1) is 15.1. The zero-order chi connectivity index (χ0) is 14.5. The summed E-state index contributed by atoms with van der Waals surface area (Å²) in [5, 5.41) is 0.661. The molecule has 6 heteroatoms. The summed E-state index contributed by atoms with van der Waals surface area (Å²) in [6.07, 6.45) is 0.362. The molecule has 0 aromatic heterocycles. The Bertz CT molecular complexity index is 482. The molecular weight excluding hydrogens is 299 g/mol. The van der Waals surface area contributed by atoms with Gasteiger partial charge in [-0.1, -0.05) is 23.7 Å². The minimum atomic E-state index is -0.0727. The van der Waals surface area contributed by atoms with Crippen LogP contribution in [0.25, 0.3) is 0 Å². The Morgan fingerprint density at radius 2 is 1.45 bits per heavy atom. The minimum Gasteiger partial charge on any atom is -0.339 e. The lowest BCUT2D eigenvalue weighted by molar-refractivity contribution is -0.137. The van der Waals surface area contributed by atoms with Crippen molar-refractivity contribution in [3.63, 3.8) is 0 Å². The number of amides is 2. The van der Waals surface area contributed by atoms with Gasteiger partial charge < -0.3 is 9.80 Å². The first-order valence-electron chi connectivity index (χ1n) is 6.46. The molecule has 2 amide bonds. The summed E-state index contributed by atoms with van der Waals surface area (Å²) in [7, 11) is 0. The molecule has 4 nitrogen and oxygen atoms in total. The number of piperazine rings is 1. The van der Waals surface area contributed by atoms with Crippen molar-refractivity contribution in [2.45, 2.75) is 6.42 Å². The Balaban J connectivity index is 1.85. The molecule has 0 N–H and O–H groups in total. The molecule has 108 valence electrons. The number of hydrogen-bond donors (Lipinski definition) is 0. The highest BCUT2D eigenvalue weighted by molar-refractivity contribution is 6.30. The third-order valence-electron chi connectivity index (χ3n) is 3.37. The smallest absolute Gasteiger partial charge is 0.237 e. The lowest BCUT2D eigenvalue weighted by Crippen LogP contribution is -2.51. The molecule has 0 atom stereocenters. The maximum Gasteiger partial charge on any atom is 0.237 e. The number of carbonyl (C=O) groups excluding carboxylic acids is 2. The van der Waals surface area contributed by atoms with Crippen molar-refractivity contribution in [3.8, 4) is 0 Å². The van der Waals surface area contributed by atoms with Crippen molar-refractivity contribution in [1.82, 2.24) is 9.80 Å². The highest BCUT2D eigenvalue weighted by Crippen LogP contribution is 2.12. The monoisotopic (exact) mass is 314 g/mol. The van der Waals surface area contributed by atoms with E-state index in [-0.39, 0.29) is 17.7 Å². The molecule has 1 aromatic carbocycles. The van der Waals surface area contributed by atoms with Crippen LogP contribution in [0.2, 0.25) is 5.02 Å². The molecule has 0 bridgehead atoms. The fourth-order valence-corrected chi connectivity index (χ4v) is 2.47. The lowest BCUT2D eigenvalue weighted by Gasteiger charge is -2.34. The van der Waals surface area contributed by atoms with E-state index in [1.165, 1.54) is 0 Å². The van der Waals surface area contributed by atoms with Crippen molar-refractivity contribution in [3.05, 3.63) is 34.9 Å². The van der Waals surface area contributed by atoms with Crippen molar-refractivity contribution in [1.29, 1.82) is 0 Å². The van der Waals surface area contributed by atoms with Crippen molar-refractivity contribution >= 4 is 35.0 Å². The largest absolute Gasteiger partial charge is 0.339 e. The van der Waals surface area contributed by atoms with E-state index in [9.17, 15) is 9.59 Å². The Morgan fingerprint density at radius 3 is 1.95 bits per heavy atom. The van der Waals surface area contributed by atoms with Gasteiger partial charge in [0.25, 0.3) is 0 Å².